The van der Waals surface area contributed by atoms with Crippen molar-refractivity contribution in [2.45, 2.75) is 13.3 Å². The summed E-state index contributed by atoms with van der Waals surface area (Å²) in [4.78, 5) is 27.0. The second kappa shape index (κ2) is 7.26. The number of rotatable bonds is 4. The van der Waals surface area contributed by atoms with Crippen molar-refractivity contribution in [3.63, 3.8) is 0 Å². The van der Waals surface area contributed by atoms with E-state index in [0.29, 0.717) is 17.7 Å². The molecule has 0 saturated carbocycles. The molecular weight excluding hydrogens is 320 g/mol. The topological polar surface area (TPSA) is 42.3 Å². The standard InChI is InChI=1S/C19H22N2O2S/c1-14-3-5-15(6-4-14)19(23)17-8-7-16(20(17)2)13-18(22)21-9-11-24-12-10-21/h3-8H,9-13H2,1-2H3. The Balaban J connectivity index is 1.74. The van der Waals surface area contributed by atoms with Crippen LogP contribution in [0.5, 0.6) is 0 Å². The first-order chi connectivity index (χ1) is 11.6. The van der Waals surface area contributed by atoms with Crippen LogP contribution >= 0.6 is 11.8 Å². The Hall–Kier alpha value is -2.01. The summed E-state index contributed by atoms with van der Waals surface area (Å²) in [5, 5.41) is 0. The zero-order valence-corrected chi connectivity index (χ0v) is 14.9. The van der Waals surface area contributed by atoms with Gasteiger partial charge in [0.2, 0.25) is 11.7 Å². The minimum absolute atomic E-state index is 0.00873. The zero-order valence-electron chi connectivity index (χ0n) is 14.1. The summed E-state index contributed by atoms with van der Waals surface area (Å²) in [7, 11) is 1.86. The molecule has 0 N–H and O–H groups in total. The maximum Gasteiger partial charge on any atom is 0.228 e. The molecule has 3 rings (SSSR count). The van der Waals surface area contributed by atoms with Crippen molar-refractivity contribution in [2.24, 2.45) is 7.05 Å². The number of carbonyl (C=O) groups excluding carboxylic acids is 2. The van der Waals surface area contributed by atoms with Gasteiger partial charge in [-0.2, -0.15) is 11.8 Å². The fourth-order valence-corrected chi connectivity index (χ4v) is 3.79. The van der Waals surface area contributed by atoms with E-state index < -0.39 is 0 Å². The van der Waals surface area contributed by atoms with Crippen molar-refractivity contribution < 1.29 is 9.59 Å². The van der Waals surface area contributed by atoms with Crippen LogP contribution < -0.4 is 0 Å². The van der Waals surface area contributed by atoms with Gasteiger partial charge in [0, 0.05) is 42.9 Å². The van der Waals surface area contributed by atoms with Crippen molar-refractivity contribution in [2.75, 3.05) is 24.6 Å². The molecule has 0 spiro atoms. The Morgan fingerprint density at radius 1 is 1.04 bits per heavy atom. The van der Waals surface area contributed by atoms with Gasteiger partial charge in [0.25, 0.3) is 0 Å². The smallest absolute Gasteiger partial charge is 0.228 e. The predicted octanol–water partition coefficient (Wildman–Crippen LogP) is 2.68. The van der Waals surface area contributed by atoms with Gasteiger partial charge in [-0.25, -0.2) is 0 Å². The number of hydrogen-bond donors (Lipinski definition) is 0. The van der Waals surface area contributed by atoms with Gasteiger partial charge < -0.3 is 9.47 Å². The number of aromatic nitrogens is 1. The Morgan fingerprint density at radius 2 is 1.71 bits per heavy atom. The molecule has 0 aliphatic carbocycles. The van der Waals surface area contributed by atoms with Crippen molar-refractivity contribution in [1.29, 1.82) is 0 Å². The molecule has 24 heavy (non-hydrogen) atoms. The van der Waals surface area contributed by atoms with Crippen LogP contribution in [0.1, 0.15) is 27.3 Å². The van der Waals surface area contributed by atoms with Gasteiger partial charge in [-0.1, -0.05) is 29.8 Å². The third kappa shape index (κ3) is 3.56. The maximum absolute atomic E-state index is 12.7. The highest BCUT2D eigenvalue weighted by atomic mass is 32.2. The monoisotopic (exact) mass is 342 g/mol. The number of amides is 1. The molecule has 126 valence electrons. The molecule has 1 saturated heterocycles. The Kier molecular flexibility index (Phi) is 5.09. The zero-order chi connectivity index (χ0) is 17.1. The van der Waals surface area contributed by atoms with Crippen molar-refractivity contribution in [1.82, 2.24) is 9.47 Å². The number of carbonyl (C=O) groups is 2. The molecule has 4 nitrogen and oxygen atoms in total. The molecule has 1 aromatic carbocycles. The lowest BCUT2D eigenvalue weighted by molar-refractivity contribution is -0.130. The largest absolute Gasteiger partial charge is 0.344 e. The maximum atomic E-state index is 12.7. The van der Waals surface area contributed by atoms with E-state index in [1.54, 1.807) is 0 Å². The van der Waals surface area contributed by atoms with Gasteiger partial charge in [-0.3, -0.25) is 9.59 Å². The Morgan fingerprint density at radius 3 is 2.38 bits per heavy atom. The molecule has 2 heterocycles. The van der Waals surface area contributed by atoms with Crippen molar-refractivity contribution in [3.05, 3.63) is 58.9 Å². The van der Waals surface area contributed by atoms with Crippen LogP contribution in [0.3, 0.4) is 0 Å². The number of hydrogen-bond acceptors (Lipinski definition) is 3. The second-order valence-electron chi connectivity index (χ2n) is 6.13. The summed E-state index contributed by atoms with van der Waals surface area (Å²) < 4.78 is 1.85. The summed E-state index contributed by atoms with van der Waals surface area (Å²) in [5.74, 6) is 2.16. The van der Waals surface area contributed by atoms with Crippen LogP contribution in [0.4, 0.5) is 0 Å². The van der Waals surface area contributed by atoms with Crippen LogP contribution in [0.15, 0.2) is 36.4 Å². The second-order valence-corrected chi connectivity index (χ2v) is 7.36. The van der Waals surface area contributed by atoms with Gasteiger partial charge in [-0.15, -0.1) is 0 Å². The molecular formula is C19H22N2O2S. The van der Waals surface area contributed by atoms with Gasteiger partial charge in [0.05, 0.1) is 12.1 Å². The summed E-state index contributed by atoms with van der Waals surface area (Å²) in [6.45, 7) is 3.64. The molecule has 1 fully saturated rings. The van der Waals surface area contributed by atoms with Gasteiger partial charge >= 0.3 is 0 Å². The minimum Gasteiger partial charge on any atom is -0.344 e. The SMILES string of the molecule is Cc1ccc(C(=O)c2ccc(CC(=O)N3CCSCC3)n2C)cc1. The van der Waals surface area contributed by atoms with Crippen LogP contribution in [-0.4, -0.2) is 45.8 Å². The van der Waals surface area contributed by atoms with Crippen molar-refractivity contribution >= 4 is 23.5 Å². The molecule has 1 aliphatic heterocycles. The average molecular weight is 342 g/mol. The lowest BCUT2D eigenvalue weighted by Crippen LogP contribution is -2.39. The quantitative estimate of drug-likeness (QED) is 0.802. The number of aryl methyl sites for hydroxylation is 1. The van der Waals surface area contributed by atoms with E-state index in [0.717, 1.165) is 35.9 Å². The van der Waals surface area contributed by atoms with E-state index in [-0.39, 0.29) is 11.7 Å². The fourth-order valence-electron chi connectivity index (χ4n) is 2.89. The highest BCUT2D eigenvalue weighted by Gasteiger charge is 2.20. The third-order valence-electron chi connectivity index (χ3n) is 4.47. The molecule has 1 aromatic heterocycles. The summed E-state index contributed by atoms with van der Waals surface area (Å²) in [6.07, 6.45) is 0.350. The number of nitrogens with zero attached hydrogens (tertiary/aromatic N) is 2. The van der Waals surface area contributed by atoms with E-state index in [2.05, 4.69) is 0 Å². The lowest BCUT2D eigenvalue weighted by Gasteiger charge is -2.26. The Labute approximate surface area is 146 Å². The fraction of sp³-hybridized carbons (Fsp3) is 0.368. The van der Waals surface area contributed by atoms with E-state index >= 15 is 0 Å². The molecule has 5 heteroatoms. The Bertz CT molecular complexity index is 743. The highest BCUT2D eigenvalue weighted by molar-refractivity contribution is 7.99. The molecule has 1 amide bonds. The number of ketones is 1. The normalized spacial score (nSPS) is 14.7. The molecule has 1 aliphatic rings. The van der Waals surface area contributed by atoms with E-state index in [4.69, 9.17) is 0 Å². The third-order valence-corrected chi connectivity index (χ3v) is 5.41. The molecule has 0 bridgehead atoms. The van der Waals surface area contributed by atoms with Crippen LogP contribution in [0.25, 0.3) is 0 Å². The first-order valence-corrected chi connectivity index (χ1v) is 9.33. The summed E-state index contributed by atoms with van der Waals surface area (Å²) in [6, 6.07) is 11.3. The highest BCUT2D eigenvalue weighted by Crippen LogP contribution is 2.16. The van der Waals surface area contributed by atoms with Crippen LogP contribution in [0.2, 0.25) is 0 Å². The number of benzene rings is 1. The van der Waals surface area contributed by atoms with Crippen LogP contribution in [0, 0.1) is 6.92 Å². The first-order valence-electron chi connectivity index (χ1n) is 8.18. The van der Waals surface area contributed by atoms with Crippen molar-refractivity contribution in [3.8, 4) is 0 Å². The number of thioether (sulfide) groups is 1. The van der Waals surface area contributed by atoms with E-state index in [1.807, 2.05) is 71.6 Å². The van der Waals surface area contributed by atoms with E-state index in [9.17, 15) is 9.59 Å². The molecule has 0 atom stereocenters. The minimum atomic E-state index is -0.00873. The summed E-state index contributed by atoms with van der Waals surface area (Å²) >= 11 is 1.89. The van der Waals surface area contributed by atoms with Gasteiger partial charge in [0.1, 0.15) is 0 Å². The van der Waals surface area contributed by atoms with Gasteiger partial charge in [0.15, 0.2) is 0 Å². The average Bonchev–Trinajstić information content (AvgIpc) is 2.96. The van der Waals surface area contributed by atoms with Crippen LogP contribution in [-0.2, 0) is 18.3 Å². The van der Waals surface area contributed by atoms with Gasteiger partial charge in [-0.05, 0) is 19.1 Å². The van der Waals surface area contributed by atoms with E-state index in [1.165, 1.54) is 0 Å². The predicted molar refractivity (Wildman–Crippen MR) is 97.6 cm³/mol. The first kappa shape index (κ1) is 16.8. The lowest BCUT2D eigenvalue weighted by atomic mass is 10.1. The molecule has 0 radical (unpaired) electrons. The molecule has 2 aromatic rings. The molecule has 0 unspecified atom stereocenters. The summed E-state index contributed by atoms with van der Waals surface area (Å²) in [5.41, 5.74) is 3.31.